The summed E-state index contributed by atoms with van der Waals surface area (Å²) >= 11 is 0. The van der Waals surface area contributed by atoms with Gasteiger partial charge in [-0.1, -0.05) is 12.1 Å². The minimum Gasteiger partial charge on any atom is -0.355 e. The van der Waals surface area contributed by atoms with E-state index in [2.05, 4.69) is 19.8 Å². The average molecular weight is 374 g/mol. The molecule has 0 spiro atoms. The number of hydrogen-bond acceptors (Lipinski definition) is 5. The number of benzene rings is 1. The fraction of sp³-hybridized carbons (Fsp3) is 0.412. The normalized spacial score (nSPS) is 16.3. The van der Waals surface area contributed by atoms with Gasteiger partial charge in [-0.25, -0.2) is 8.42 Å². The van der Waals surface area contributed by atoms with E-state index < -0.39 is 15.3 Å². The van der Waals surface area contributed by atoms with Crippen LogP contribution in [0.25, 0.3) is 10.9 Å². The standard InChI is InChI=1S/C17H22N6O2S/c1-21-9-8-16(19-21)23-10-6-14(7-11-23)26(24,25)20-15-5-3-4-13-12-18-22(2)17(13)15/h3-5,8-9,12,14,20H,6-7,10-11H2,1-2H3. The van der Waals surface area contributed by atoms with E-state index in [1.807, 2.05) is 38.5 Å². The molecule has 1 saturated heterocycles. The van der Waals surface area contributed by atoms with Gasteiger partial charge in [0.05, 0.1) is 22.7 Å². The number of hydrogen-bond donors (Lipinski definition) is 1. The molecule has 0 saturated carbocycles. The first-order valence-corrected chi connectivity index (χ1v) is 10.2. The minimum absolute atomic E-state index is 0.411. The van der Waals surface area contributed by atoms with Crippen LogP contribution in [0.3, 0.4) is 0 Å². The number of aryl methyl sites for hydroxylation is 2. The van der Waals surface area contributed by atoms with Crippen LogP contribution >= 0.6 is 0 Å². The number of piperidine rings is 1. The largest absolute Gasteiger partial charge is 0.355 e. The number of aromatic nitrogens is 4. The van der Waals surface area contributed by atoms with E-state index in [0.29, 0.717) is 31.6 Å². The van der Waals surface area contributed by atoms with Crippen LogP contribution in [0.4, 0.5) is 11.5 Å². The van der Waals surface area contributed by atoms with Crippen molar-refractivity contribution in [3.05, 3.63) is 36.7 Å². The lowest BCUT2D eigenvalue weighted by Gasteiger charge is -2.31. The fourth-order valence-electron chi connectivity index (χ4n) is 3.52. The highest BCUT2D eigenvalue weighted by atomic mass is 32.2. The second-order valence-corrected chi connectivity index (χ2v) is 8.65. The molecular formula is C17H22N6O2S. The molecule has 26 heavy (non-hydrogen) atoms. The van der Waals surface area contributed by atoms with Crippen LogP contribution in [-0.4, -0.2) is 46.3 Å². The van der Waals surface area contributed by atoms with Gasteiger partial charge in [-0.3, -0.25) is 14.1 Å². The molecule has 3 heterocycles. The summed E-state index contributed by atoms with van der Waals surface area (Å²) in [6.07, 6.45) is 4.79. The molecule has 1 aliphatic heterocycles. The smallest absolute Gasteiger partial charge is 0.235 e. The Morgan fingerprint density at radius 2 is 1.92 bits per heavy atom. The Morgan fingerprint density at radius 1 is 1.15 bits per heavy atom. The lowest BCUT2D eigenvalue weighted by atomic mass is 10.1. The quantitative estimate of drug-likeness (QED) is 0.752. The van der Waals surface area contributed by atoms with Gasteiger partial charge in [0.15, 0.2) is 5.82 Å². The van der Waals surface area contributed by atoms with Crippen LogP contribution < -0.4 is 9.62 Å². The second kappa shape index (κ2) is 6.31. The topological polar surface area (TPSA) is 85.0 Å². The predicted molar refractivity (Wildman–Crippen MR) is 102 cm³/mol. The molecule has 9 heteroatoms. The zero-order chi connectivity index (χ0) is 18.3. The average Bonchev–Trinajstić information content (AvgIpc) is 3.22. The van der Waals surface area contributed by atoms with E-state index in [-0.39, 0.29) is 0 Å². The summed E-state index contributed by atoms with van der Waals surface area (Å²) in [5, 5.41) is 9.11. The Labute approximate surface area is 152 Å². The van der Waals surface area contributed by atoms with Crippen LogP contribution in [0.15, 0.2) is 36.7 Å². The minimum atomic E-state index is -3.47. The molecule has 1 fully saturated rings. The molecule has 0 bridgehead atoms. The van der Waals surface area contributed by atoms with Crippen LogP contribution in [0.2, 0.25) is 0 Å². The summed E-state index contributed by atoms with van der Waals surface area (Å²) in [6, 6.07) is 7.50. The first kappa shape index (κ1) is 16.9. The number of rotatable bonds is 4. The molecule has 8 nitrogen and oxygen atoms in total. The number of para-hydroxylation sites is 1. The van der Waals surface area contributed by atoms with Crippen LogP contribution in [0.1, 0.15) is 12.8 Å². The van der Waals surface area contributed by atoms with Crippen LogP contribution in [-0.2, 0) is 24.1 Å². The Morgan fingerprint density at radius 3 is 2.62 bits per heavy atom. The van der Waals surface area contributed by atoms with Crippen molar-refractivity contribution >= 4 is 32.4 Å². The van der Waals surface area contributed by atoms with Gasteiger partial charge in [0.2, 0.25) is 10.0 Å². The van der Waals surface area contributed by atoms with Gasteiger partial charge in [0.1, 0.15) is 0 Å². The first-order chi connectivity index (χ1) is 12.4. The van der Waals surface area contributed by atoms with E-state index in [0.717, 1.165) is 16.7 Å². The summed E-state index contributed by atoms with van der Waals surface area (Å²) < 4.78 is 32.0. The van der Waals surface area contributed by atoms with Crippen molar-refractivity contribution in [3.8, 4) is 0 Å². The molecule has 1 aliphatic rings. The molecule has 0 aliphatic carbocycles. The summed E-state index contributed by atoms with van der Waals surface area (Å²) in [5.74, 6) is 0.899. The Bertz CT molecular complexity index is 1030. The Balaban J connectivity index is 1.50. The molecule has 2 aromatic heterocycles. The summed E-state index contributed by atoms with van der Waals surface area (Å²) in [6.45, 7) is 1.36. The first-order valence-electron chi connectivity index (χ1n) is 8.61. The van der Waals surface area contributed by atoms with E-state index in [4.69, 9.17) is 0 Å². The highest BCUT2D eigenvalue weighted by Crippen LogP contribution is 2.27. The van der Waals surface area contributed by atoms with E-state index in [1.54, 1.807) is 21.6 Å². The summed E-state index contributed by atoms with van der Waals surface area (Å²) in [5.41, 5.74) is 1.37. The number of anilines is 2. The van der Waals surface area contributed by atoms with Crippen LogP contribution in [0.5, 0.6) is 0 Å². The van der Waals surface area contributed by atoms with Gasteiger partial charge in [-0.05, 0) is 18.9 Å². The lowest BCUT2D eigenvalue weighted by Crippen LogP contribution is -2.41. The van der Waals surface area contributed by atoms with E-state index >= 15 is 0 Å². The molecule has 0 amide bonds. The van der Waals surface area contributed by atoms with Crippen molar-refractivity contribution in [3.63, 3.8) is 0 Å². The SMILES string of the molecule is Cn1ccc(N2CCC(S(=O)(=O)Nc3cccc4cnn(C)c34)CC2)n1. The monoisotopic (exact) mass is 374 g/mol. The number of nitrogens with one attached hydrogen (secondary N) is 1. The highest BCUT2D eigenvalue weighted by Gasteiger charge is 2.31. The van der Waals surface area contributed by atoms with E-state index in [1.165, 1.54) is 0 Å². The Hall–Kier alpha value is -2.55. The molecule has 1 N–H and O–H groups in total. The maximum Gasteiger partial charge on any atom is 0.235 e. The third kappa shape index (κ3) is 3.03. The van der Waals surface area contributed by atoms with Crippen molar-refractivity contribution in [1.29, 1.82) is 0 Å². The van der Waals surface area contributed by atoms with Crippen molar-refractivity contribution in [2.24, 2.45) is 14.1 Å². The van der Waals surface area contributed by atoms with Crippen molar-refractivity contribution < 1.29 is 8.42 Å². The van der Waals surface area contributed by atoms with Crippen molar-refractivity contribution in [2.45, 2.75) is 18.1 Å². The molecular weight excluding hydrogens is 352 g/mol. The van der Waals surface area contributed by atoms with Gasteiger partial charge < -0.3 is 4.90 Å². The predicted octanol–water partition coefficient (Wildman–Crippen LogP) is 1.72. The van der Waals surface area contributed by atoms with Gasteiger partial charge in [0, 0.05) is 44.8 Å². The number of nitrogens with zero attached hydrogens (tertiary/aromatic N) is 5. The summed E-state index contributed by atoms with van der Waals surface area (Å²) in [7, 11) is 0.223. The zero-order valence-corrected chi connectivity index (χ0v) is 15.6. The maximum atomic E-state index is 12.9. The molecule has 4 rings (SSSR count). The van der Waals surface area contributed by atoms with Gasteiger partial charge >= 0.3 is 0 Å². The molecule has 0 atom stereocenters. The second-order valence-electron chi connectivity index (χ2n) is 6.69. The molecule has 0 radical (unpaired) electrons. The van der Waals surface area contributed by atoms with Gasteiger partial charge in [0.25, 0.3) is 0 Å². The highest BCUT2D eigenvalue weighted by molar-refractivity contribution is 7.93. The van der Waals surface area contributed by atoms with Crippen LogP contribution in [0, 0.1) is 0 Å². The van der Waals surface area contributed by atoms with Crippen molar-refractivity contribution in [1.82, 2.24) is 19.6 Å². The molecule has 138 valence electrons. The Kier molecular flexibility index (Phi) is 4.10. The zero-order valence-electron chi connectivity index (χ0n) is 14.8. The number of sulfonamides is 1. The summed E-state index contributed by atoms with van der Waals surface area (Å²) in [4.78, 5) is 2.13. The maximum absolute atomic E-state index is 12.9. The lowest BCUT2D eigenvalue weighted by molar-refractivity contribution is 0.530. The fourth-order valence-corrected chi connectivity index (χ4v) is 4.99. The third-order valence-corrected chi connectivity index (χ3v) is 6.77. The number of fused-ring (bicyclic) bond motifs is 1. The van der Waals surface area contributed by atoms with Gasteiger partial charge in [-0.2, -0.15) is 10.2 Å². The van der Waals surface area contributed by atoms with Crippen molar-refractivity contribution in [2.75, 3.05) is 22.7 Å². The molecule has 3 aromatic rings. The van der Waals surface area contributed by atoms with E-state index in [9.17, 15) is 8.42 Å². The molecule has 1 aromatic carbocycles. The third-order valence-electron chi connectivity index (χ3n) is 4.92. The van der Waals surface area contributed by atoms with Gasteiger partial charge in [-0.15, -0.1) is 0 Å². The molecule has 0 unspecified atom stereocenters.